The number of ether oxygens (including phenoxy) is 2. The van der Waals surface area contributed by atoms with Gasteiger partial charge in [-0.05, 0) is 37.1 Å². The molecule has 1 saturated heterocycles. The number of hydrogen-bond donors (Lipinski definition) is 1. The van der Waals surface area contributed by atoms with Gasteiger partial charge in [-0.15, -0.1) is 0 Å². The highest BCUT2D eigenvalue weighted by Crippen LogP contribution is 2.26. The Hall–Kier alpha value is -2.08. The molecule has 0 saturated carbocycles. The van der Waals surface area contributed by atoms with Gasteiger partial charge in [0.25, 0.3) is 5.91 Å². The van der Waals surface area contributed by atoms with Crippen molar-refractivity contribution in [3.05, 3.63) is 28.8 Å². The average Bonchev–Trinajstić information content (AvgIpc) is 2.46. The standard InChI is InChI=1S/C16H21NO5/c1-10-6-12(7-11(2)15(10)21-3)16(20)17-4-5-22-9-13(17)8-14(18)19/h6-7,13H,4-5,8-9H2,1-3H3,(H,18,19). The number of methoxy groups -OCH3 is 1. The van der Waals surface area contributed by atoms with Crippen LogP contribution in [0.15, 0.2) is 12.1 Å². The number of carbonyl (C=O) groups is 2. The van der Waals surface area contributed by atoms with E-state index >= 15 is 0 Å². The molecular weight excluding hydrogens is 286 g/mol. The first-order chi connectivity index (χ1) is 10.4. The lowest BCUT2D eigenvalue weighted by Gasteiger charge is -2.35. The van der Waals surface area contributed by atoms with E-state index in [0.717, 1.165) is 16.9 Å². The van der Waals surface area contributed by atoms with Crippen LogP contribution in [0, 0.1) is 13.8 Å². The second kappa shape index (κ2) is 6.79. The van der Waals surface area contributed by atoms with Gasteiger partial charge in [0.15, 0.2) is 0 Å². The Kier molecular flexibility index (Phi) is 5.03. The third-order valence-electron chi connectivity index (χ3n) is 3.81. The Labute approximate surface area is 129 Å². The van der Waals surface area contributed by atoms with Crippen molar-refractivity contribution in [3.63, 3.8) is 0 Å². The minimum atomic E-state index is -0.935. The highest BCUT2D eigenvalue weighted by Gasteiger charge is 2.30. The molecule has 120 valence electrons. The maximum atomic E-state index is 12.7. The van der Waals surface area contributed by atoms with Crippen molar-refractivity contribution >= 4 is 11.9 Å². The van der Waals surface area contributed by atoms with E-state index in [1.54, 1.807) is 24.1 Å². The Morgan fingerprint density at radius 2 is 2.00 bits per heavy atom. The Balaban J connectivity index is 2.27. The van der Waals surface area contributed by atoms with E-state index in [1.807, 2.05) is 13.8 Å². The van der Waals surface area contributed by atoms with Crippen LogP contribution in [0.4, 0.5) is 0 Å². The zero-order valence-electron chi connectivity index (χ0n) is 13.1. The third kappa shape index (κ3) is 3.39. The molecule has 1 fully saturated rings. The fraction of sp³-hybridized carbons (Fsp3) is 0.500. The molecule has 1 atom stereocenters. The smallest absolute Gasteiger partial charge is 0.305 e. The van der Waals surface area contributed by atoms with E-state index in [1.165, 1.54) is 0 Å². The van der Waals surface area contributed by atoms with E-state index in [2.05, 4.69) is 0 Å². The van der Waals surface area contributed by atoms with Gasteiger partial charge < -0.3 is 19.5 Å². The van der Waals surface area contributed by atoms with E-state index in [-0.39, 0.29) is 18.9 Å². The van der Waals surface area contributed by atoms with Crippen LogP contribution in [0.3, 0.4) is 0 Å². The minimum absolute atomic E-state index is 0.111. The van der Waals surface area contributed by atoms with Gasteiger partial charge in [-0.1, -0.05) is 0 Å². The number of aliphatic carboxylic acids is 1. The summed E-state index contributed by atoms with van der Waals surface area (Å²) in [6.07, 6.45) is -0.111. The number of hydrogen-bond acceptors (Lipinski definition) is 4. The topological polar surface area (TPSA) is 76.1 Å². The highest BCUT2D eigenvalue weighted by molar-refractivity contribution is 5.95. The Morgan fingerprint density at radius 3 is 2.55 bits per heavy atom. The van der Waals surface area contributed by atoms with Crippen molar-refractivity contribution in [2.75, 3.05) is 26.9 Å². The fourth-order valence-corrected chi connectivity index (χ4v) is 2.85. The van der Waals surface area contributed by atoms with Crippen LogP contribution in [0.5, 0.6) is 5.75 Å². The molecule has 0 aliphatic carbocycles. The molecule has 1 aromatic rings. The van der Waals surface area contributed by atoms with Crippen LogP contribution in [-0.4, -0.2) is 54.8 Å². The first kappa shape index (κ1) is 16.3. The van der Waals surface area contributed by atoms with E-state index in [0.29, 0.717) is 18.7 Å². The van der Waals surface area contributed by atoms with Crippen molar-refractivity contribution in [2.45, 2.75) is 26.3 Å². The molecule has 1 N–H and O–H groups in total. The predicted octanol–water partition coefficient (Wildman–Crippen LogP) is 1.63. The molecule has 1 amide bonds. The second-order valence-electron chi connectivity index (χ2n) is 5.47. The van der Waals surface area contributed by atoms with Gasteiger partial charge in [-0.25, -0.2) is 0 Å². The second-order valence-corrected chi connectivity index (χ2v) is 5.47. The summed E-state index contributed by atoms with van der Waals surface area (Å²) in [5.74, 6) is -0.334. The fourth-order valence-electron chi connectivity index (χ4n) is 2.85. The molecule has 1 heterocycles. The van der Waals surface area contributed by atoms with Crippen molar-refractivity contribution in [1.82, 2.24) is 4.90 Å². The number of amides is 1. The average molecular weight is 307 g/mol. The summed E-state index contributed by atoms with van der Waals surface area (Å²) >= 11 is 0. The summed E-state index contributed by atoms with van der Waals surface area (Å²) in [4.78, 5) is 25.3. The normalized spacial score (nSPS) is 18.1. The molecule has 2 rings (SSSR count). The number of aryl methyl sites for hydroxylation is 2. The van der Waals surface area contributed by atoms with Gasteiger partial charge in [-0.2, -0.15) is 0 Å². The van der Waals surface area contributed by atoms with Gasteiger partial charge in [0.1, 0.15) is 5.75 Å². The number of benzene rings is 1. The first-order valence-corrected chi connectivity index (χ1v) is 7.19. The van der Waals surface area contributed by atoms with Crippen molar-refractivity contribution < 1.29 is 24.2 Å². The summed E-state index contributed by atoms with van der Waals surface area (Å²) in [7, 11) is 1.60. The molecule has 0 aromatic heterocycles. The molecule has 1 aliphatic rings. The third-order valence-corrected chi connectivity index (χ3v) is 3.81. The van der Waals surface area contributed by atoms with Gasteiger partial charge in [0, 0.05) is 12.1 Å². The molecule has 0 bridgehead atoms. The Bertz CT molecular complexity index is 561. The first-order valence-electron chi connectivity index (χ1n) is 7.19. The summed E-state index contributed by atoms with van der Waals surface area (Å²) in [6.45, 7) is 4.86. The minimum Gasteiger partial charge on any atom is -0.496 e. The molecule has 1 unspecified atom stereocenters. The molecule has 6 nitrogen and oxygen atoms in total. The zero-order valence-corrected chi connectivity index (χ0v) is 13.1. The number of nitrogens with zero attached hydrogens (tertiary/aromatic N) is 1. The summed E-state index contributed by atoms with van der Waals surface area (Å²) < 4.78 is 10.6. The number of morpholine rings is 1. The van der Waals surface area contributed by atoms with Crippen LogP contribution < -0.4 is 4.74 Å². The number of rotatable bonds is 4. The van der Waals surface area contributed by atoms with Gasteiger partial charge in [-0.3, -0.25) is 9.59 Å². The molecular formula is C16H21NO5. The summed E-state index contributed by atoms with van der Waals surface area (Å²) in [6, 6.07) is 3.13. The van der Waals surface area contributed by atoms with Crippen LogP contribution in [-0.2, 0) is 9.53 Å². The zero-order chi connectivity index (χ0) is 16.3. The largest absolute Gasteiger partial charge is 0.496 e. The van der Waals surface area contributed by atoms with Crippen molar-refractivity contribution in [1.29, 1.82) is 0 Å². The molecule has 0 radical (unpaired) electrons. The van der Waals surface area contributed by atoms with Gasteiger partial charge in [0.05, 0.1) is 32.8 Å². The van der Waals surface area contributed by atoms with Gasteiger partial charge in [0.2, 0.25) is 0 Å². The molecule has 22 heavy (non-hydrogen) atoms. The lowest BCUT2D eigenvalue weighted by Crippen LogP contribution is -2.49. The van der Waals surface area contributed by atoms with E-state index in [9.17, 15) is 9.59 Å². The highest BCUT2D eigenvalue weighted by atomic mass is 16.5. The molecule has 1 aliphatic heterocycles. The van der Waals surface area contributed by atoms with Crippen LogP contribution >= 0.6 is 0 Å². The lowest BCUT2D eigenvalue weighted by molar-refractivity contribution is -0.139. The molecule has 0 spiro atoms. The van der Waals surface area contributed by atoms with E-state index < -0.39 is 12.0 Å². The van der Waals surface area contributed by atoms with Crippen LogP contribution in [0.1, 0.15) is 27.9 Å². The maximum Gasteiger partial charge on any atom is 0.305 e. The van der Waals surface area contributed by atoms with Crippen LogP contribution in [0.25, 0.3) is 0 Å². The van der Waals surface area contributed by atoms with E-state index in [4.69, 9.17) is 14.6 Å². The monoisotopic (exact) mass is 307 g/mol. The molecule has 6 heteroatoms. The maximum absolute atomic E-state index is 12.7. The summed E-state index contributed by atoms with van der Waals surface area (Å²) in [5, 5.41) is 8.98. The number of carbonyl (C=O) groups excluding carboxylic acids is 1. The van der Waals surface area contributed by atoms with Gasteiger partial charge >= 0.3 is 5.97 Å². The number of carboxylic acids is 1. The van der Waals surface area contributed by atoms with Crippen molar-refractivity contribution in [3.8, 4) is 5.75 Å². The number of carboxylic acid groups (broad SMARTS) is 1. The Morgan fingerprint density at radius 1 is 1.36 bits per heavy atom. The lowest BCUT2D eigenvalue weighted by atomic mass is 10.0. The van der Waals surface area contributed by atoms with Crippen LogP contribution in [0.2, 0.25) is 0 Å². The predicted molar refractivity (Wildman–Crippen MR) is 80.4 cm³/mol. The van der Waals surface area contributed by atoms with Crippen molar-refractivity contribution in [2.24, 2.45) is 0 Å². The quantitative estimate of drug-likeness (QED) is 0.915. The summed E-state index contributed by atoms with van der Waals surface area (Å²) in [5.41, 5.74) is 2.32. The SMILES string of the molecule is COc1c(C)cc(C(=O)N2CCOCC2CC(=O)O)cc1C. The molecule has 1 aromatic carbocycles.